The van der Waals surface area contributed by atoms with E-state index in [1.54, 1.807) is 0 Å². The van der Waals surface area contributed by atoms with Crippen LogP contribution in [-0.2, 0) is 11.3 Å². The molecule has 2 N–H and O–H groups in total. The number of amides is 1. The van der Waals surface area contributed by atoms with Crippen LogP contribution in [0, 0.1) is 0 Å². The molecule has 0 aromatic heterocycles. The Hall–Kier alpha value is -0.870. The number of halogens is 1. The van der Waals surface area contributed by atoms with Crippen molar-refractivity contribution in [2.24, 2.45) is 5.73 Å². The Morgan fingerprint density at radius 3 is 2.72 bits per heavy atom. The normalized spacial score (nSPS) is 15.9. The number of hydrogen-bond acceptors (Lipinski definition) is 2. The molecule has 1 amide bonds. The van der Waals surface area contributed by atoms with Crippen LogP contribution in [0.4, 0.5) is 0 Å². The SMILES string of the molecule is NCC(=O)N(Cc1cccc(Br)c1)C1CCCC1. The van der Waals surface area contributed by atoms with Crippen LogP contribution in [0.2, 0.25) is 0 Å². The number of carbonyl (C=O) groups is 1. The maximum atomic E-state index is 12.0. The summed E-state index contributed by atoms with van der Waals surface area (Å²) in [5.74, 6) is 0.0573. The maximum Gasteiger partial charge on any atom is 0.236 e. The van der Waals surface area contributed by atoms with E-state index < -0.39 is 0 Å². The van der Waals surface area contributed by atoms with Crippen molar-refractivity contribution < 1.29 is 4.79 Å². The molecule has 1 aliphatic rings. The third kappa shape index (κ3) is 3.33. The molecular formula is C14H19BrN2O. The molecule has 2 rings (SSSR count). The van der Waals surface area contributed by atoms with Crippen molar-refractivity contribution >= 4 is 21.8 Å². The summed E-state index contributed by atoms with van der Waals surface area (Å²) < 4.78 is 1.05. The number of nitrogens with zero attached hydrogens (tertiary/aromatic N) is 1. The minimum atomic E-state index is 0.0573. The van der Waals surface area contributed by atoms with Gasteiger partial charge in [-0.1, -0.05) is 40.9 Å². The fraction of sp³-hybridized carbons (Fsp3) is 0.500. The number of benzene rings is 1. The van der Waals surface area contributed by atoms with Gasteiger partial charge in [-0.05, 0) is 30.5 Å². The lowest BCUT2D eigenvalue weighted by Gasteiger charge is -2.28. The molecule has 4 heteroatoms. The van der Waals surface area contributed by atoms with Gasteiger partial charge in [0.1, 0.15) is 0 Å². The summed E-state index contributed by atoms with van der Waals surface area (Å²) in [6.07, 6.45) is 4.66. The highest BCUT2D eigenvalue weighted by Gasteiger charge is 2.25. The average Bonchev–Trinajstić information content (AvgIpc) is 2.89. The first-order valence-electron chi connectivity index (χ1n) is 6.44. The van der Waals surface area contributed by atoms with Crippen LogP contribution in [0.1, 0.15) is 31.2 Å². The van der Waals surface area contributed by atoms with Crippen molar-refractivity contribution in [3.05, 3.63) is 34.3 Å². The molecule has 0 heterocycles. The third-order valence-electron chi connectivity index (χ3n) is 3.50. The lowest BCUT2D eigenvalue weighted by atomic mass is 10.1. The van der Waals surface area contributed by atoms with Crippen LogP contribution < -0.4 is 5.73 Å². The fourth-order valence-electron chi connectivity index (χ4n) is 2.59. The van der Waals surface area contributed by atoms with E-state index in [0.717, 1.165) is 22.9 Å². The van der Waals surface area contributed by atoms with E-state index in [0.29, 0.717) is 12.6 Å². The Morgan fingerprint density at radius 2 is 2.11 bits per heavy atom. The minimum absolute atomic E-state index is 0.0573. The first-order chi connectivity index (χ1) is 8.70. The average molecular weight is 311 g/mol. The lowest BCUT2D eigenvalue weighted by Crippen LogP contribution is -2.41. The van der Waals surface area contributed by atoms with Crippen molar-refractivity contribution in [2.45, 2.75) is 38.3 Å². The quantitative estimate of drug-likeness (QED) is 0.929. The van der Waals surface area contributed by atoms with Crippen LogP contribution in [0.5, 0.6) is 0 Å². The van der Waals surface area contributed by atoms with E-state index in [1.165, 1.54) is 12.8 Å². The molecule has 0 radical (unpaired) electrons. The molecule has 0 atom stereocenters. The number of carbonyl (C=O) groups excluding carboxylic acids is 1. The minimum Gasteiger partial charge on any atom is -0.334 e. The summed E-state index contributed by atoms with van der Waals surface area (Å²) in [5, 5.41) is 0. The first-order valence-corrected chi connectivity index (χ1v) is 7.24. The van der Waals surface area contributed by atoms with Gasteiger partial charge in [-0.2, -0.15) is 0 Å². The van der Waals surface area contributed by atoms with Crippen LogP contribution in [0.3, 0.4) is 0 Å². The van der Waals surface area contributed by atoms with Gasteiger partial charge in [0.2, 0.25) is 5.91 Å². The highest BCUT2D eigenvalue weighted by atomic mass is 79.9. The van der Waals surface area contributed by atoms with E-state index in [9.17, 15) is 4.79 Å². The van der Waals surface area contributed by atoms with Gasteiger partial charge in [-0.15, -0.1) is 0 Å². The second kappa shape index (κ2) is 6.34. The molecule has 18 heavy (non-hydrogen) atoms. The number of hydrogen-bond donors (Lipinski definition) is 1. The molecule has 98 valence electrons. The Labute approximate surface area is 116 Å². The van der Waals surface area contributed by atoms with Gasteiger partial charge in [0, 0.05) is 17.1 Å². The van der Waals surface area contributed by atoms with Crippen LogP contribution in [0.15, 0.2) is 28.7 Å². The van der Waals surface area contributed by atoms with E-state index in [1.807, 2.05) is 17.0 Å². The van der Waals surface area contributed by atoms with Crippen molar-refractivity contribution in [1.82, 2.24) is 4.90 Å². The molecule has 1 aliphatic carbocycles. The molecule has 0 unspecified atom stereocenters. The van der Waals surface area contributed by atoms with Crippen molar-refractivity contribution in [3.8, 4) is 0 Å². The third-order valence-corrected chi connectivity index (χ3v) is 4.00. The predicted octanol–water partition coefficient (Wildman–Crippen LogP) is 2.68. The van der Waals surface area contributed by atoms with Gasteiger partial charge >= 0.3 is 0 Å². The standard InChI is InChI=1S/C14H19BrN2O/c15-12-5-3-4-11(8-12)10-17(14(18)9-16)13-6-1-2-7-13/h3-5,8,13H,1-2,6-7,9-10,16H2. The van der Waals surface area contributed by atoms with E-state index >= 15 is 0 Å². The largest absolute Gasteiger partial charge is 0.334 e. The number of rotatable bonds is 4. The summed E-state index contributed by atoms with van der Waals surface area (Å²) in [7, 11) is 0. The van der Waals surface area contributed by atoms with Crippen molar-refractivity contribution in [2.75, 3.05) is 6.54 Å². The molecule has 1 saturated carbocycles. The Bertz CT molecular complexity index is 416. The van der Waals surface area contributed by atoms with E-state index in [2.05, 4.69) is 28.1 Å². The molecular weight excluding hydrogens is 292 g/mol. The van der Waals surface area contributed by atoms with Gasteiger partial charge in [-0.3, -0.25) is 4.79 Å². The molecule has 0 saturated heterocycles. The van der Waals surface area contributed by atoms with Crippen molar-refractivity contribution in [3.63, 3.8) is 0 Å². The van der Waals surface area contributed by atoms with Gasteiger partial charge in [0.05, 0.1) is 6.54 Å². The smallest absolute Gasteiger partial charge is 0.236 e. The molecule has 0 bridgehead atoms. The monoisotopic (exact) mass is 310 g/mol. The predicted molar refractivity (Wildman–Crippen MR) is 76.0 cm³/mol. The van der Waals surface area contributed by atoms with E-state index in [4.69, 9.17) is 5.73 Å². The number of nitrogens with two attached hydrogens (primary N) is 1. The summed E-state index contributed by atoms with van der Waals surface area (Å²) in [5.41, 5.74) is 6.67. The zero-order valence-corrected chi connectivity index (χ0v) is 12.0. The van der Waals surface area contributed by atoms with Gasteiger partial charge in [-0.25, -0.2) is 0 Å². The second-order valence-electron chi connectivity index (χ2n) is 4.79. The lowest BCUT2D eigenvalue weighted by molar-refractivity contribution is -0.132. The molecule has 0 aliphatic heterocycles. The molecule has 1 aromatic carbocycles. The summed E-state index contributed by atoms with van der Waals surface area (Å²) in [4.78, 5) is 13.9. The van der Waals surface area contributed by atoms with E-state index in [-0.39, 0.29) is 12.5 Å². The van der Waals surface area contributed by atoms with Crippen LogP contribution >= 0.6 is 15.9 Å². The highest BCUT2D eigenvalue weighted by molar-refractivity contribution is 9.10. The zero-order chi connectivity index (χ0) is 13.0. The highest BCUT2D eigenvalue weighted by Crippen LogP contribution is 2.25. The van der Waals surface area contributed by atoms with Gasteiger partial charge in [0.15, 0.2) is 0 Å². The van der Waals surface area contributed by atoms with Crippen molar-refractivity contribution in [1.29, 1.82) is 0 Å². The zero-order valence-electron chi connectivity index (χ0n) is 10.4. The molecule has 1 aromatic rings. The summed E-state index contributed by atoms with van der Waals surface area (Å²) >= 11 is 3.46. The molecule has 1 fully saturated rings. The first kappa shape index (κ1) is 13.6. The molecule has 0 spiro atoms. The molecule has 3 nitrogen and oxygen atoms in total. The Balaban J connectivity index is 2.11. The second-order valence-corrected chi connectivity index (χ2v) is 5.71. The van der Waals surface area contributed by atoms with Crippen LogP contribution in [-0.4, -0.2) is 23.4 Å². The summed E-state index contributed by atoms with van der Waals surface area (Å²) in [6.45, 7) is 0.768. The fourth-order valence-corrected chi connectivity index (χ4v) is 3.03. The maximum absolute atomic E-state index is 12.0. The van der Waals surface area contributed by atoms with Gasteiger partial charge < -0.3 is 10.6 Å². The Kier molecular flexibility index (Phi) is 4.78. The Morgan fingerprint density at radius 1 is 1.39 bits per heavy atom. The summed E-state index contributed by atoms with van der Waals surface area (Å²) in [6, 6.07) is 8.48. The van der Waals surface area contributed by atoms with Crippen LogP contribution in [0.25, 0.3) is 0 Å². The van der Waals surface area contributed by atoms with Gasteiger partial charge in [0.25, 0.3) is 0 Å². The topological polar surface area (TPSA) is 46.3 Å².